The second kappa shape index (κ2) is 42.6. The van der Waals surface area contributed by atoms with Crippen LogP contribution in [-0.4, -0.2) is 37.2 Å². The van der Waals surface area contributed by atoms with Gasteiger partial charge in [-0.2, -0.15) is 0 Å². The Kier molecular flexibility index (Phi) is 40.1. The van der Waals surface area contributed by atoms with Crippen LogP contribution >= 0.6 is 0 Å². The third-order valence-electron chi connectivity index (χ3n) is 8.94. The van der Waals surface area contributed by atoms with E-state index in [0.717, 1.165) is 154 Å². The van der Waals surface area contributed by atoms with Gasteiger partial charge in [0, 0.05) is 19.3 Å². The molecule has 308 valence electrons. The predicted molar refractivity (Wildman–Crippen MR) is 228 cm³/mol. The highest BCUT2D eigenvalue weighted by Gasteiger charge is 2.19. The van der Waals surface area contributed by atoms with Gasteiger partial charge in [-0.05, 0) is 96.3 Å². The monoisotopic (exact) mass is 753 g/mol. The molecule has 0 spiro atoms. The lowest BCUT2D eigenvalue weighted by atomic mass is 10.1. The van der Waals surface area contributed by atoms with E-state index in [1.807, 2.05) is 0 Å². The van der Waals surface area contributed by atoms with Gasteiger partial charge in [0.15, 0.2) is 6.10 Å². The molecular formula is C48H80O6. The van der Waals surface area contributed by atoms with Crippen molar-refractivity contribution in [1.82, 2.24) is 0 Å². The fraction of sp³-hybridized carbons (Fsp3) is 0.688. The minimum absolute atomic E-state index is 0.0945. The lowest BCUT2D eigenvalue weighted by molar-refractivity contribution is -0.167. The van der Waals surface area contributed by atoms with Crippen molar-refractivity contribution in [1.29, 1.82) is 0 Å². The molecule has 0 fully saturated rings. The van der Waals surface area contributed by atoms with E-state index in [2.05, 4.69) is 93.7 Å². The lowest BCUT2D eigenvalue weighted by Gasteiger charge is -2.18. The van der Waals surface area contributed by atoms with Crippen LogP contribution in [0.3, 0.4) is 0 Å². The summed E-state index contributed by atoms with van der Waals surface area (Å²) in [6, 6.07) is 0. The average Bonchev–Trinajstić information content (AvgIpc) is 3.17. The molecule has 0 aromatic heterocycles. The first-order valence-electron chi connectivity index (χ1n) is 21.9. The number of carbonyl (C=O) groups excluding carboxylic acids is 3. The molecule has 0 aliphatic carbocycles. The maximum absolute atomic E-state index is 12.7. The highest BCUT2D eigenvalue weighted by molar-refractivity contribution is 5.71. The van der Waals surface area contributed by atoms with Gasteiger partial charge in [-0.15, -0.1) is 0 Å². The zero-order chi connectivity index (χ0) is 39.4. The molecule has 0 aliphatic rings. The van der Waals surface area contributed by atoms with E-state index < -0.39 is 6.10 Å². The van der Waals surface area contributed by atoms with Crippen molar-refractivity contribution in [3.63, 3.8) is 0 Å². The third-order valence-corrected chi connectivity index (χ3v) is 8.94. The van der Waals surface area contributed by atoms with Gasteiger partial charge in [-0.1, -0.05) is 151 Å². The number of esters is 3. The van der Waals surface area contributed by atoms with Crippen molar-refractivity contribution < 1.29 is 28.6 Å². The summed E-state index contributed by atoms with van der Waals surface area (Å²) in [5.41, 5.74) is 0. The molecule has 0 radical (unpaired) electrons. The summed E-state index contributed by atoms with van der Waals surface area (Å²) in [6.45, 7) is 6.24. The van der Waals surface area contributed by atoms with Gasteiger partial charge in [-0.3, -0.25) is 14.4 Å². The summed E-state index contributed by atoms with van der Waals surface area (Å²) in [5.74, 6) is -0.947. The number of ether oxygens (including phenoxy) is 3. The average molecular weight is 753 g/mol. The van der Waals surface area contributed by atoms with E-state index in [1.165, 1.54) is 0 Å². The van der Waals surface area contributed by atoms with Gasteiger partial charge in [0.25, 0.3) is 0 Å². The summed E-state index contributed by atoms with van der Waals surface area (Å²) in [7, 11) is 0. The highest BCUT2D eigenvalue weighted by atomic mass is 16.6. The maximum atomic E-state index is 12.7. The van der Waals surface area contributed by atoms with Crippen LogP contribution < -0.4 is 0 Å². The Labute approximate surface area is 332 Å². The fourth-order valence-electron chi connectivity index (χ4n) is 5.73. The Bertz CT molecular complexity index is 993. The summed E-state index contributed by atoms with van der Waals surface area (Å²) in [5, 5.41) is 0. The van der Waals surface area contributed by atoms with Crippen LogP contribution in [0.15, 0.2) is 72.9 Å². The fourth-order valence-corrected chi connectivity index (χ4v) is 5.73. The number of unbranched alkanes of at least 4 members (excludes halogenated alkanes) is 15. The van der Waals surface area contributed by atoms with Crippen LogP contribution in [0.4, 0.5) is 0 Å². The van der Waals surface area contributed by atoms with Gasteiger partial charge >= 0.3 is 17.9 Å². The molecule has 0 bridgehead atoms. The number of carbonyl (C=O) groups is 3. The summed E-state index contributed by atoms with van der Waals surface area (Å²) in [6.07, 6.45) is 51.7. The molecule has 54 heavy (non-hydrogen) atoms. The van der Waals surface area contributed by atoms with E-state index in [0.29, 0.717) is 19.3 Å². The smallest absolute Gasteiger partial charge is 0.306 e. The quantitative estimate of drug-likeness (QED) is 0.0270. The van der Waals surface area contributed by atoms with Crippen LogP contribution in [0.25, 0.3) is 0 Å². The molecule has 0 atom stereocenters. The molecule has 0 saturated carbocycles. The topological polar surface area (TPSA) is 78.9 Å². The molecular weight excluding hydrogens is 673 g/mol. The molecule has 6 nitrogen and oxygen atoms in total. The first kappa shape index (κ1) is 50.9. The van der Waals surface area contributed by atoms with E-state index in [4.69, 9.17) is 14.2 Å². The molecule has 0 heterocycles. The lowest BCUT2D eigenvalue weighted by Crippen LogP contribution is -2.30. The number of allylic oxidation sites excluding steroid dienone is 12. The summed E-state index contributed by atoms with van der Waals surface area (Å²) >= 11 is 0. The highest BCUT2D eigenvalue weighted by Crippen LogP contribution is 2.13. The van der Waals surface area contributed by atoms with E-state index in [1.54, 1.807) is 0 Å². The molecule has 0 saturated heterocycles. The van der Waals surface area contributed by atoms with Gasteiger partial charge in [0.1, 0.15) is 13.2 Å². The van der Waals surface area contributed by atoms with Crippen LogP contribution in [0.1, 0.15) is 194 Å². The van der Waals surface area contributed by atoms with Gasteiger partial charge < -0.3 is 14.2 Å². The molecule has 6 heteroatoms. The Morgan fingerprint density at radius 3 is 1.02 bits per heavy atom. The SMILES string of the molecule is CC/C=C\C/C=C\CCCCCCCC(=O)OCC(COC(=O)CCCCCCC/C=C\C/C=C\CC)OC(=O)CCCCCCC/C=C\C/C=C\CC. The van der Waals surface area contributed by atoms with E-state index >= 15 is 0 Å². The molecule has 0 rings (SSSR count). The largest absolute Gasteiger partial charge is 0.462 e. The molecule has 0 aromatic rings. The van der Waals surface area contributed by atoms with Crippen molar-refractivity contribution in [2.24, 2.45) is 0 Å². The second-order valence-electron chi connectivity index (χ2n) is 14.2. The number of hydrogen-bond acceptors (Lipinski definition) is 6. The Morgan fingerprint density at radius 2 is 0.667 bits per heavy atom. The minimum atomic E-state index is -0.791. The van der Waals surface area contributed by atoms with Crippen LogP contribution in [0, 0.1) is 0 Å². The Balaban J connectivity index is 4.45. The van der Waals surface area contributed by atoms with Crippen molar-refractivity contribution in [2.75, 3.05) is 13.2 Å². The summed E-state index contributed by atoms with van der Waals surface area (Å²) in [4.78, 5) is 37.7. The first-order chi connectivity index (χ1) is 26.5. The minimum Gasteiger partial charge on any atom is -0.462 e. The molecule has 0 aromatic carbocycles. The van der Waals surface area contributed by atoms with E-state index in [9.17, 15) is 14.4 Å². The number of hydrogen-bond donors (Lipinski definition) is 0. The van der Waals surface area contributed by atoms with Crippen molar-refractivity contribution in [2.45, 2.75) is 200 Å². The molecule has 0 aliphatic heterocycles. The summed E-state index contributed by atoms with van der Waals surface area (Å²) < 4.78 is 16.6. The second-order valence-corrected chi connectivity index (χ2v) is 14.2. The van der Waals surface area contributed by atoms with Gasteiger partial charge in [-0.25, -0.2) is 0 Å². The van der Waals surface area contributed by atoms with Crippen LogP contribution in [0.2, 0.25) is 0 Å². The normalized spacial score (nSPS) is 12.2. The van der Waals surface area contributed by atoms with E-state index in [-0.39, 0.29) is 31.1 Å². The number of rotatable bonds is 38. The van der Waals surface area contributed by atoms with Crippen molar-refractivity contribution >= 4 is 17.9 Å². The third kappa shape index (κ3) is 40.0. The van der Waals surface area contributed by atoms with Gasteiger partial charge in [0.05, 0.1) is 0 Å². The predicted octanol–water partition coefficient (Wildman–Crippen LogP) is 13.9. The maximum Gasteiger partial charge on any atom is 0.306 e. The van der Waals surface area contributed by atoms with Crippen molar-refractivity contribution in [3.8, 4) is 0 Å². The Morgan fingerprint density at radius 1 is 0.370 bits per heavy atom. The van der Waals surface area contributed by atoms with Crippen LogP contribution in [-0.2, 0) is 28.6 Å². The first-order valence-corrected chi connectivity index (χ1v) is 21.9. The van der Waals surface area contributed by atoms with Crippen LogP contribution in [0.5, 0.6) is 0 Å². The molecule has 0 N–H and O–H groups in total. The van der Waals surface area contributed by atoms with Crippen molar-refractivity contribution in [3.05, 3.63) is 72.9 Å². The Hall–Kier alpha value is -3.15. The zero-order valence-electron chi connectivity index (χ0n) is 35.0. The molecule has 0 unspecified atom stereocenters. The molecule has 0 amide bonds. The standard InChI is InChI=1S/C48H80O6/c1-4-7-10-13-16-19-22-25-28-31-34-37-40-46(49)52-43-45(54-48(51)42-39-36-33-30-27-24-21-18-15-12-9-6-3)44-53-47(50)41-38-35-32-29-26-23-20-17-14-11-8-5-2/h7-12,16-21,45H,4-6,13-15,22-44H2,1-3H3/b10-7-,11-8-,12-9-,19-16-,20-17-,21-18-. The zero-order valence-corrected chi connectivity index (χ0v) is 35.0. The van der Waals surface area contributed by atoms with Gasteiger partial charge in [0.2, 0.25) is 0 Å².